The van der Waals surface area contributed by atoms with Gasteiger partial charge in [0.15, 0.2) is 11.5 Å². The number of hydrogen-bond donors (Lipinski definition) is 0. The van der Waals surface area contributed by atoms with E-state index in [0.717, 1.165) is 6.41 Å². The molecule has 0 unspecified atom stereocenters. The number of carbonyl (C=O) groups is 1. The molecular weight excluding hydrogens is 308 g/mol. The Balaban J connectivity index is 2.35. The monoisotopic (exact) mass is 328 g/mol. The molecule has 1 saturated heterocycles. The van der Waals surface area contributed by atoms with Crippen molar-refractivity contribution in [2.75, 3.05) is 40.4 Å². The van der Waals surface area contributed by atoms with E-state index < -0.39 is 10.0 Å². The lowest BCUT2D eigenvalue weighted by Crippen LogP contribution is -2.48. The Kier molecular flexibility index (Phi) is 4.92. The van der Waals surface area contributed by atoms with Crippen molar-refractivity contribution in [2.24, 2.45) is 0 Å². The predicted molar refractivity (Wildman–Crippen MR) is 80.7 cm³/mol. The summed E-state index contributed by atoms with van der Waals surface area (Å²) >= 11 is 0. The number of sulfonamides is 1. The highest BCUT2D eigenvalue weighted by Gasteiger charge is 2.30. The molecule has 1 heterocycles. The number of hydrogen-bond acceptors (Lipinski definition) is 5. The molecule has 0 aromatic heterocycles. The zero-order valence-electron chi connectivity index (χ0n) is 12.9. The quantitative estimate of drug-likeness (QED) is 0.735. The van der Waals surface area contributed by atoms with Gasteiger partial charge in [0.1, 0.15) is 0 Å². The van der Waals surface area contributed by atoms with Gasteiger partial charge in [-0.05, 0) is 18.6 Å². The van der Waals surface area contributed by atoms with Crippen LogP contribution in [0.1, 0.15) is 5.56 Å². The Morgan fingerprint density at radius 2 is 1.59 bits per heavy atom. The Morgan fingerprint density at radius 3 is 2.09 bits per heavy atom. The average molecular weight is 328 g/mol. The summed E-state index contributed by atoms with van der Waals surface area (Å²) in [6.07, 6.45) is 0.742. The summed E-state index contributed by atoms with van der Waals surface area (Å²) in [5.41, 5.74) is 0.593. The normalized spacial score (nSPS) is 16.4. The van der Waals surface area contributed by atoms with Gasteiger partial charge < -0.3 is 14.4 Å². The smallest absolute Gasteiger partial charge is 0.243 e. The highest BCUT2D eigenvalue weighted by atomic mass is 32.2. The molecule has 1 aliphatic rings. The first-order chi connectivity index (χ1) is 10.4. The highest BCUT2D eigenvalue weighted by Crippen LogP contribution is 2.33. The highest BCUT2D eigenvalue weighted by molar-refractivity contribution is 7.89. The zero-order valence-corrected chi connectivity index (χ0v) is 13.7. The van der Waals surface area contributed by atoms with Crippen LogP contribution in [0.2, 0.25) is 0 Å². The summed E-state index contributed by atoms with van der Waals surface area (Å²) < 4.78 is 37.3. The summed E-state index contributed by atoms with van der Waals surface area (Å²) in [5, 5.41) is 0. The molecule has 2 rings (SSSR count). The van der Waals surface area contributed by atoms with Crippen molar-refractivity contribution in [3.05, 3.63) is 17.7 Å². The summed E-state index contributed by atoms with van der Waals surface area (Å²) in [5.74, 6) is 0.864. The summed E-state index contributed by atoms with van der Waals surface area (Å²) in [6.45, 7) is 3.09. The summed E-state index contributed by atoms with van der Waals surface area (Å²) in [7, 11) is -0.658. The van der Waals surface area contributed by atoms with Crippen LogP contribution >= 0.6 is 0 Å². The molecule has 0 spiro atoms. The van der Waals surface area contributed by atoms with Gasteiger partial charge in [-0.3, -0.25) is 4.79 Å². The fourth-order valence-electron chi connectivity index (χ4n) is 2.43. The molecule has 0 radical (unpaired) electrons. The number of piperazine rings is 1. The molecule has 0 aliphatic carbocycles. The van der Waals surface area contributed by atoms with E-state index in [9.17, 15) is 13.2 Å². The number of rotatable bonds is 5. The van der Waals surface area contributed by atoms with Crippen LogP contribution in [0.25, 0.3) is 0 Å². The van der Waals surface area contributed by atoms with Gasteiger partial charge >= 0.3 is 0 Å². The Hall–Kier alpha value is -1.80. The molecule has 0 bridgehead atoms. The van der Waals surface area contributed by atoms with Crippen LogP contribution in [-0.4, -0.2) is 64.4 Å². The Morgan fingerprint density at radius 1 is 1.05 bits per heavy atom. The zero-order chi connectivity index (χ0) is 16.3. The molecule has 7 nitrogen and oxygen atoms in total. The minimum absolute atomic E-state index is 0.199. The van der Waals surface area contributed by atoms with Crippen molar-refractivity contribution < 1.29 is 22.7 Å². The van der Waals surface area contributed by atoms with Gasteiger partial charge in [0, 0.05) is 32.2 Å². The van der Waals surface area contributed by atoms with Crippen molar-refractivity contribution in [3.63, 3.8) is 0 Å². The second-order valence-electron chi connectivity index (χ2n) is 5.02. The number of methoxy groups -OCH3 is 2. The lowest BCUT2D eigenvalue weighted by Gasteiger charge is -2.32. The van der Waals surface area contributed by atoms with Gasteiger partial charge in [0.25, 0.3) is 0 Å². The molecule has 1 aromatic rings. The van der Waals surface area contributed by atoms with E-state index in [1.807, 2.05) is 0 Å². The largest absolute Gasteiger partial charge is 0.493 e. The van der Waals surface area contributed by atoms with E-state index in [1.165, 1.54) is 24.6 Å². The number of ether oxygens (including phenoxy) is 2. The second-order valence-corrected chi connectivity index (χ2v) is 6.92. The van der Waals surface area contributed by atoms with Crippen molar-refractivity contribution >= 4 is 16.4 Å². The molecule has 1 amide bonds. The lowest BCUT2D eigenvalue weighted by atomic mass is 10.2. The van der Waals surface area contributed by atoms with E-state index in [1.54, 1.807) is 17.9 Å². The maximum Gasteiger partial charge on any atom is 0.243 e. The Bertz CT molecular complexity index is 651. The minimum atomic E-state index is -3.63. The third kappa shape index (κ3) is 3.02. The number of aryl methyl sites for hydroxylation is 1. The van der Waals surface area contributed by atoms with Crippen LogP contribution in [0.5, 0.6) is 11.5 Å². The van der Waals surface area contributed by atoms with Crippen molar-refractivity contribution in [1.29, 1.82) is 0 Å². The standard InChI is InChI=1S/C14H20N2O5S/c1-11-8-12(20-2)13(21-3)9-14(11)22(18,19)16-6-4-15(10-17)5-7-16/h8-10H,4-7H2,1-3H3. The molecule has 0 saturated carbocycles. The molecule has 1 aromatic carbocycles. The van der Waals surface area contributed by atoms with Crippen LogP contribution in [0.4, 0.5) is 0 Å². The van der Waals surface area contributed by atoms with E-state index in [0.29, 0.717) is 30.2 Å². The van der Waals surface area contributed by atoms with Gasteiger partial charge in [0.05, 0.1) is 19.1 Å². The van der Waals surface area contributed by atoms with Crippen molar-refractivity contribution in [3.8, 4) is 11.5 Å². The first-order valence-electron chi connectivity index (χ1n) is 6.86. The minimum Gasteiger partial charge on any atom is -0.493 e. The number of benzene rings is 1. The molecule has 1 fully saturated rings. The molecule has 122 valence electrons. The van der Waals surface area contributed by atoms with Crippen LogP contribution in [0, 0.1) is 6.92 Å². The van der Waals surface area contributed by atoms with Crippen LogP contribution in [0.15, 0.2) is 17.0 Å². The SMILES string of the molecule is COc1cc(C)c(S(=O)(=O)N2CCN(C=O)CC2)cc1OC. The van der Waals surface area contributed by atoms with E-state index in [4.69, 9.17) is 9.47 Å². The van der Waals surface area contributed by atoms with Gasteiger partial charge in [-0.2, -0.15) is 4.31 Å². The molecule has 8 heteroatoms. The van der Waals surface area contributed by atoms with Crippen LogP contribution in [-0.2, 0) is 14.8 Å². The van der Waals surface area contributed by atoms with Crippen LogP contribution < -0.4 is 9.47 Å². The third-order valence-corrected chi connectivity index (χ3v) is 5.76. The third-order valence-electron chi connectivity index (χ3n) is 3.72. The first kappa shape index (κ1) is 16.6. The fraction of sp³-hybridized carbons (Fsp3) is 0.500. The number of carbonyl (C=O) groups excluding carboxylic acids is 1. The number of nitrogens with zero attached hydrogens (tertiary/aromatic N) is 2. The number of amides is 1. The topological polar surface area (TPSA) is 76.2 Å². The predicted octanol–water partition coefficient (Wildman–Crippen LogP) is 0.475. The van der Waals surface area contributed by atoms with E-state index in [2.05, 4.69) is 0 Å². The van der Waals surface area contributed by atoms with Gasteiger partial charge in [-0.1, -0.05) is 0 Å². The van der Waals surface area contributed by atoms with Gasteiger partial charge in [-0.25, -0.2) is 8.42 Å². The molecule has 22 heavy (non-hydrogen) atoms. The van der Waals surface area contributed by atoms with Crippen molar-refractivity contribution in [2.45, 2.75) is 11.8 Å². The van der Waals surface area contributed by atoms with Gasteiger partial charge in [0.2, 0.25) is 16.4 Å². The van der Waals surface area contributed by atoms with Crippen LogP contribution in [0.3, 0.4) is 0 Å². The molecule has 0 N–H and O–H groups in total. The summed E-state index contributed by atoms with van der Waals surface area (Å²) in [6, 6.07) is 3.13. The fourth-order valence-corrected chi connectivity index (χ4v) is 4.07. The van der Waals surface area contributed by atoms with Gasteiger partial charge in [-0.15, -0.1) is 0 Å². The van der Waals surface area contributed by atoms with E-state index in [-0.39, 0.29) is 18.0 Å². The lowest BCUT2D eigenvalue weighted by molar-refractivity contribution is -0.119. The Labute approximate surface area is 130 Å². The second kappa shape index (κ2) is 6.53. The molecule has 0 atom stereocenters. The van der Waals surface area contributed by atoms with Crippen molar-refractivity contribution in [1.82, 2.24) is 9.21 Å². The van der Waals surface area contributed by atoms with E-state index >= 15 is 0 Å². The molecular formula is C14H20N2O5S. The maximum atomic E-state index is 12.8. The summed E-state index contributed by atoms with van der Waals surface area (Å²) in [4.78, 5) is 12.5. The average Bonchev–Trinajstić information content (AvgIpc) is 2.54. The maximum absolute atomic E-state index is 12.8. The first-order valence-corrected chi connectivity index (χ1v) is 8.30. The molecule has 1 aliphatic heterocycles.